The van der Waals surface area contributed by atoms with Crippen molar-refractivity contribution in [2.75, 3.05) is 13.2 Å². The monoisotopic (exact) mass is 218 g/mol. The van der Waals surface area contributed by atoms with Crippen LogP contribution in [0.5, 0.6) is 5.75 Å². The molecule has 0 unspecified atom stereocenters. The van der Waals surface area contributed by atoms with Gasteiger partial charge in [-0.15, -0.1) is 0 Å². The molecule has 5 heteroatoms. The van der Waals surface area contributed by atoms with Crippen LogP contribution in [0.4, 0.5) is 0 Å². The molecular formula is C11H10N2O3. The molecule has 0 fully saturated rings. The van der Waals surface area contributed by atoms with Crippen LogP contribution in [0.1, 0.15) is 10.4 Å². The maximum absolute atomic E-state index is 11.1. The zero-order valence-electron chi connectivity index (χ0n) is 8.47. The minimum Gasteiger partial charge on any atom is -0.484 e. The van der Waals surface area contributed by atoms with Crippen LogP contribution >= 0.6 is 0 Å². The Kier molecular flexibility index (Phi) is 4.54. The summed E-state index contributed by atoms with van der Waals surface area (Å²) in [6, 6.07) is 8.25. The number of hydrogen-bond acceptors (Lipinski definition) is 4. The van der Waals surface area contributed by atoms with Gasteiger partial charge in [-0.05, 0) is 12.1 Å². The fourth-order valence-corrected chi connectivity index (χ4v) is 1.02. The van der Waals surface area contributed by atoms with E-state index < -0.39 is 0 Å². The standard InChI is InChI=1S/C11H10N2O3/c12-4-5-13-11(15)8-16-10-3-1-2-9(6-10)7-14/h1-3,6-7H,5,8H2,(H,13,15). The van der Waals surface area contributed by atoms with Crippen LogP contribution in [0.3, 0.4) is 0 Å². The number of benzene rings is 1. The quantitative estimate of drug-likeness (QED) is 0.577. The molecule has 16 heavy (non-hydrogen) atoms. The second-order valence-electron chi connectivity index (χ2n) is 2.91. The summed E-state index contributed by atoms with van der Waals surface area (Å²) in [6.07, 6.45) is 0.697. The minimum absolute atomic E-state index is 0.0451. The summed E-state index contributed by atoms with van der Waals surface area (Å²) in [5.41, 5.74) is 0.481. The van der Waals surface area contributed by atoms with E-state index in [0.29, 0.717) is 17.6 Å². The molecule has 0 atom stereocenters. The Morgan fingerprint density at radius 3 is 3.06 bits per heavy atom. The number of aldehydes is 1. The third kappa shape index (κ3) is 3.80. The molecule has 0 saturated heterocycles. The Hall–Kier alpha value is -2.35. The normalized spacial score (nSPS) is 8.94. The number of carbonyl (C=O) groups excluding carboxylic acids is 2. The molecule has 0 bridgehead atoms. The van der Waals surface area contributed by atoms with Crippen LogP contribution in [-0.4, -0.2) is 25.3 Å². The van der Waals surface area contributed by atoms with Gasteiger partial charge in [0.1, 0.15) is 18.6 Å². The van der Waals surface area contributed by atoms with Gasteiger partial charge >= 0.3 is 0 Å². The zero-order chi connectivity index (χ0) is 11.8. The Labute approximate surface area is 92.6 Å². The fourth-order valence-electron chi connectivity index (χ4n) is 1.02. The average Bonchev–Trinajstić information content (AvgIpc) is 2.34. The number of hydrogen-bond donors (Lipinski definition) is 1. The maximum Gasteiger partial charge on any atom is 0.258 e. The van der Waals surface area contributed by atoms with Crippen molar-refractivity contribution < 1.29 is 14.3 Å². The predicted octanol–water partition coefficient (Wildman–Crippen LogP) is 0.518. The lowest BCUT2D eigenvalue weighted by molar-refractivity contribution is -0.122. The number of nitrogens with zero attached hydrogens (tertiary/aromatic N) is 1. The van der Waals surface area contributed by atoms with Crippen molar-refractivity contribution in [1.82, 2.24) is 5.32 Å². The Morgan fingerprint density at radius 2 is 2.38 bits per heavy atom. The highest BCUT2D eigenvalue weighted by Gasteiger charge is 2.01. The molecule has 0 heterocycles. The van der Waals surface area contributed by atoms with E-state index in [1.807, 2.05) is 0 Å². The predicted molar refractivity (Wildman–Crippen MR) is 55.9 cm³/mol. The minimum atomic E-state index is -0.377. The summed E-state index contributed by atoms with van der Waals surface area (Å²) >= 11 is 0. The van der Waals surface area contributed by atoms with Gasteiger partial charge in [0.2, 0.25) is 0 Å². The van der Waals surface area contributed by atoms with Gasteiger partial charge in [0.25, 0.3) is 5.91 Å². The smallest absolute Gasteiger partial charge is 0.258 e. The van der Waals surface area contributed by atoms with Gasteiger partial charge in [-0.3, -0.25) is 9.59 Å². The summed E-state index contributed by atoms with van der Waals surface area (Å²) in [5.74, 6) is 0.0646. The van der Waals surface area contributed by atoms with Crippen LogP contribution in [-0.2, 0) is 4.79 Å². The number of amides is 1. The lowest BCUT2D eigenvalue weighted by atomic mass is 10.2. The summed E-state index contributed by atoms with van der Waals surface area (Å²) in [6.45, 7) is -0.222. The topological polar surface area (TPSA) is 79.2 Å². The first-order valence-corrected chi connectivity index (χ1v) is 4.58. The molecule has 1 aromatic carbocycles. The van der Waals surface area contributed by atoms with E-state index in [-0.39, 0.29) is 19.1 Å². The third-order valence-corrected chi connectivity index (χ3v) is 1.73. The van der Waals surface area contributed by atoms with Crippen molar-refractivity contribution in [2.45, 2.75) is 0 Å². The van der Waals surface area contributed by atoms with Crippen molar-refractivity contribution in [3.8, 4) is 11.8 Å². The highest BCUT2D eigenvalue weighted by atomic mass is 16.5. The van der Waals surface area contributed by atoms with Gasteiger partial charge in [0, 0.05) is 5.56 Å². The van der Waals surface area contributed by atoms with Crippen LogP contribution in [0.25, 0.3) is 0 Å². The summed E-state index contributed by atoms with van der Waals surface area (Å²) < 4.78 is 5.13. The SMILES string of the molecule is N#CCNC(=O)COc1cccc(C=O)c1. The number of rotatable bonds is 5. The number of ether oxygens (including phenoxy) is 1. The first kappa shape index (κ1) is 11.7. The molecule has 1 amide bonds. The third-order valence-electron chi connectivity index (χ3n) is 1.73. The van der Waals surface area contributed by atoms with E-state index in [4.69, 9.17) is 10.00 Å². The van der Waals surface area contributed by atoms with Gasteiger partial charge in [-0.25, -0.2) is 0 Å². The summed E-state index contributed by atoms with van der Waals surface area (Å²) in [7, 11) is 0. The molecule has 0 aliphatic heterocycles. The Bertz CT molecular complexity index is 423. The van der Waals surface area contributed by atoms with Crippen LogP contribution < -0.4 is 10.1 Å². The molecule has 0 aromatic heterocycles. The van der Waals surface area contributed by atoms with E-state index in [9.17, 15) is 9.59 Å². The van der Waals surface area contributed by atoms with Crippen molar-refractivity contribution >= 4 is 12.2 Å². The molecule has 1 aromatic rings. The first-order chi connectivity index (χ1) is 7.76. The molecule has 5 nitrogen and oxygen atoms in total. The summed E-state index contributed by atoms with van der Waals surface area (Å²) in [4.78, 5) is 21.5. The van der Waals surface area contributed by atoms with Crippen LogP contribution in [0, 0.1) is 11.3 Å². The number of carbonyl (C=O) groups is 2. The second-order valence-corrected chi connectivity index (χ2v) is 2.91. The highest BCUT2D eigenvalue weighted by molar-refractivity contribution is 5.78. The molecule has 1 rings (SSSR count). The molecule has 0 aliphatic carbocycles. The van der Waals surface area contributed by atoms with Crippen LogP contribution in [0.2, 0.25) is 0 Å². The van der Waals surface area contributed by atoms with E-state index >= 15 is 0 Å². The first-order valence-electron chi connectivity index (χ1n) is 4.58. The lowest BCUT2D eigenvalue weighted by Crippen LogP contribution is -2.29. The zero-order valence-corrected chi connectivity index (χ0v) is 8.47. The fraction of sp³-hybridized carbons (Fsp3) is 0.182. The number of nitriles is 1. The maximum atomic E-state index is 11.1. The van der Waals surface area contributed by atoms with Crippen molar-refractivity contribution in [1.29, 1.82) is 5.26 Å². The van der Waals surface area contributed by atoms with E-state index in [1.165, 1.54) is 6.07 Å². The van der Waals surface area contributed by atoms with E-state index in [2.05, 4.69) is 5.32 Å². The molecule has 0 spiro atoms. The van der Waals surface area contributed by atoms with Gasteiger partial charge in [0.05, 0.1) is 6.07 Å². The highest BCUT2D eigenvalue weighted by Crippen LogP contribution is 2.11. The average molecular weight is 218 g/mol. The molecule has 1 N–H and O–H groups in total. The van der Waals surface area contributed by atoms with Gasteiger partial charge in [-0.1, -0.05) is 12.1 Å². The lowest BCUT2D eigenvalue weighted by Gasteiger charge is -2.05. The van der Waals surface area contributed by atoms with E-state index in [0.717, 1.165) is 0 Å². The molecule has 0 aliphatic rings. The molecule has 82 valence electrons. The molecule has 0 radical (unpaired) electrons. The second kappa shape index (κ2) is 6.19. The van der Waals surface area contributed by atoms with Crippen LogP contribution in [0.15, 0.2) is 24.3 Å². The molecule has 0 saturated carbocycles. The summed E-state index contributed by atoms with van der Waals surface area (Å²) in [5, 5.41) is 10.6. The van der Waals surface area contributed by atoms with Gasteiger partial charge < -0.3 is 10.1 Å². The Morgan fingerprint density at radius 1 is 1.56 bits per heavy atom. The van der Waals surface area contributed by atoms with Crippen molar-refractivity contribution in [3.63, 3.8) is 0 Å². The Balaban J connectivity index is 2.45. The van der Waals surface area contributed by atoms with E-state index in [1.54, 1.807) is 24.3 Å². The van der Waals surface area contributed by atoms with Gasteiger partial charge in [0.15, 0.2) is 6.61 Å². The van der Waals surface area contributed by atoms with Crippen molar-refractivity contribution in [2.24, 2.45) is 0 Å². The van der Waals surface area contributed by atoms with Gasteiger partial charge in [-0.2, -0.15) is 5.26 Å². The van der Waals surface area contributed by atoms with Crippen molar-refractivity contribution in [3.05, 3.63) is 29.8 Å². The molecular weight excluding hydrogens is 208 g/mol. The number of nitrogens with one attached hydrogen (secondary N) is 1. The largest absolute Gasteiger partial charge is 0.484 e.